The maximum absolute atomic E-state index is 12.0. The monoisotopic (exact) mass is 321 g/mol. The fourth-order valence-electron chi connectivity index (χ4n) is 1.83. The van der Waals surface area contributed by atoms with Gasteiger partial charge < -0.3 is 5.32 Å². The third-order valence-electron chi connectivity index (χ3n) is 3.29. The van der Waals surface area contributed by atoms with E-state index in [1.54, 1.807) is 11.3 Å². The number of thiophene rings is 1. The van der Waals surface area contributed by atoms with Crippen LogP contribution in [0.3, 0.4) is 0 Å². The number of hydrogen-bond donors (Lipinski definition) is 1. The largest absolute Gasteiger partial charge is 0.348 e. The third-order valence-corrected chi connectivity index (χ3v) is 5.19. The quantitative estimate of drug-likeness (QED) is 0.677. The van der Waals surface area contributed by atoms with Crippen LogP contribution in [0.15, 0.2) is 22.7 Å². The minimum atomic E-state index is 0.000353. The summed E-state index contributed by atoms with van der Waals surface area (Å²) in [4.78, 5) is 22.0. The zero-order chi connectivity index (χ0) is 15.4. The van der Waals surface area contributed by atoms with Crippen molar-refractivity contribution in [3.8, 4) is 0 Å². The van der Waals surface area contributed by atoms with E-state index in [2.05, 4.69) is 15.3 Å². The second-order valence-electron chi connectivity index (χ2n) is 4.90. The zero-order valence-electron chi connectivity index (χ0n) is 12.6. The van der Waals surface area contributed by atoms with Gasteiger partial charge in [-0.25, -0.2) is 9.97 Å². The average Bonchev–Trinajstić information content (AvgIpc) is 2.96. The van der Waals surface area contributed by atoms with Crippen LogP contribution >= 0.6 is 23.1 Å². The van der Waals surface area contributed by atoms with E-state index in [0.29, 0.717) is 10.9 Å². The molecule has 1 unspecified atom stereocenters. The first-order chi connectivity index (χ1) is 9.97. The molecule has 0 aliphatic heterocycles. The Labute approximate surface area is 133 Å². The van der Waals surface area contributed by atoms with Gasteiger partial charge in [0.05, 0.1) is 11.8 Å². The number of carbonyl (C=O) groups excluding carboxylic acids is 1. The molecule has 0 bridgehead atoms. The lowest BCUT2D eigenvalue weighted by molar-refractivity contribution is -0.119. The van der Waals surface area contributed by atoms with Gasteiger partial charge in [0.2, 0.25) is 5.91 Å². The Morgan fingerprint density at radius 3 is 2.57 bits per heavy atom. The second-order valence-corrected chi connectivity index (χ2v) is 6.82. The maximum Gasteiger partial charge on any atom is 0.230 e. The predicted octanol–water partition coefficient (Wildman–Crippen LogP) is 3.43. The van der Waals surface area contributed by atoms with Crippen LogP contribution in [-0.2, 0) is 4.79 Å². The molecule has 2 rings (SSSR count). The van der Waals surface area contributed by atoms with Gasteiger partial charge in [-0.3, -0.25) is 4.79 Å². The standard InChI is InChI=1S/C15H19N3OS2/c1-9-10(2)17-15(18-11(9)3)21-8-14(19)16-12(4)13-6-5-7-20-13/h5-7,12H,8H2,1-4H3,(H,16,19). The van der Waals surface area contributed by atoms with E-state index in [-0.39, 0.29) is 11.9 Å². The number of aryl methyl sites for hydroxylation is 2. The van der Waals surface area contributed by atoms with Crippen LogP contribution in [0.1, 0.15) is 34.8 Å². The molecule has 0 saturated carbocycles. The maximum atomic E-state index is 12.0. The van der Waals surface area contributed by atoms with Crippen molar-refractivity contribution < 1.29 is 4.79 Å². The topological polar surface area (TPSA) is 54.9 Å². The molecule has 0 radical (unpaired) electrons. The molecule has 2 heterocycles. The van der Waals surface area contributed by atoms with E-state index in [4.69, 9.17) is 0 Å². The molecule has 1 amide bonds. The summed E-state index contributed by atoms with van der Waals surface area (Å²) >= 11 is 3.02. The molecule has 112 valence electrons. The summed E-state index contributed by atoms with van der Waals surface area (Å²) in [6, 6.07) is 4.06. The lowest BCUT2D eigenvalue weighted by atomic mass is 10.2. The van der Waals surface area contributed by atoms with E-state index in [1.807, 2.05) is 45.2 Å². The first-order valence-electron chi connectivity index (χ1n) is 6.74. The molecule has 0 spiro atoms. The van der Waals surface area contributed by atoms with Crippen molar-refractivity contribution in [3.05, 3.63) is 39.3 Å². The van der Waals surface area contributed by atoms with Crippen molar-refractivity contribution in [2.24, 2.45) is 0 Å². The van der Waals surface area contributed by atoms with E-state index in [1.165, 1.54) is 11.8 Å². The highest BCUT2D eigenvalue weighted by Crippen LogP contribution is 2.20. The Hall–Kier alpha value is -1.40. The highest BCUT2D eigenvalue weighted by Gasteiger charge is 2.12. The molecule has 0 saturated heterocycles. The Morgan fingerprint density at radius 1 is 1.33 bits per heavy atom. The van der Waals surface area contributed by atoms with Crippen molar-refractivity contribution in [1.29, 1.82) is 0 Å². The van der Waals surface area contributed by atoms with E-state index >= 15 is 0 Å². The number of nitrogens with one attached hydrogen (secondary N) is 1. The molecular weight excluding hydrogens is 302 g/mol. The SMILES string of the molecule is Cc1nc(SCC(=O)NC(C)c2cccs2)nc(C)c1C. The van der Waals surface area contributed by atoms with Gasteiger partial charge in [-0.15, -0.1) is 11.3 Å². The predicted molar refractivity (Wildman–Crippen MR) is 87.8 cm³/mol. The van der Waals surface area contributed by atoms with Crippen molar-refractivity contribution in [1.82, 2.24) is 15.3 Å². The Kier molecular flexibility index (Phi) is 5.36. The smallest absolute Gasteiger partial charge is 0.230 e. The van der Waals surface area contributed by atoms with Crippen LogP contribution in [0, 0.1) is 20.8 Å². The first-order valence-corrected chi connectivity index (χ1v) is 8.61. The van der Waals surface area contributed by atoms with Gasteiger partial charge in [0.1, 0.15) is 0 Å². The molecule has 0 aliphatic rings. The molecule has 2 aromatic rings. The third kappa shape index (κ3) is 4.28. The summed E-state index contributed by atoms with van der Waals surface area (Å²) in [5.41, 5.74) is 3.05. The molecule has 1 atom stereocenters. The fraction of sp³-hybridized carbons (Fsp3) is 0.400. The van der Waals surface area contributed by atoms with Gasteiger partial charge in [-0.1, -0.05) is 17.8 Å². The minimum absolute atomic E-state index is 0.000353. The van der Waals surface area contributed by atoms with Crippen LogP contribution in [0.5, 0.6) is 0 Å². The van der Waals surface area contributed by atoms with Gasteiger partial charge in [0.25, 0.3) is 0 Å². The number of rotatable bonds is 5. The average molecular weight is 321 g/mol. The number of amides is 1. The highest BCUT2D eigenvalue weighted by atomic mass is 32.2. The molecule has 2 aromatic heterocycles. The number of thioether (sulfide) groups is 1. The van der Waals surface area contributed by atoms with Gasteiger partial charge in [-0.2, -0.15) is 0 Å². The zero-order valence-corrected chi connectivity index (χ0v) is 14.3. The van der Waals surface area contributed by atoms with Gasteiger partial charge in [-0.05, 0) is 44.7 Å². The molecule has 0 fully saturated rings. The molecule has 0 aromatic carbocycles. The Balaban J connectivity index is 1.89. The summed E-state index contributed by atoms with van der Waals surface area (Å²) in [6.45, 7) is 7.93. The molecular formula is C15H19N3OS2. The summed E-state index contributed by atoms with van der Waals surface area (Å²) < 4.78 is 0. The summed E-state index contributed by atoms with van der Waals surface area (Å²) in [5, 5.41) is 5.66. The van der Waals surface area contributed by atoms with Crippen molar-refractivity contribution in [2.45, 2.75) is 38.9 Å². The van der Waals surface area contributed by atoms with Gasteiger partial charge >= 0.3 is 0 Å². The van der Waals surface area contributed by atoms with E-state index in [0.717, 1.165) is 21.8 Å². The molecule has 21 heavy (non-hydrogen) atoms. The first kappa shape index (κ1) is 16.0. The van der Waals surface area contributed by atoms with Crippen molar-refractivity contribution >= 4 is 29.0 Å². The summed E-state index contributed by atoms with van der Waals surface area (Å²) in [6.07, 6.45) is 0. The van der Waals surface area contributed by atoms with Crippen LogP contribution in [0.25, 0.3) is 0 Å². The summed E-state index contributed by atoms with van der Waals surface area (Å²) in [7, 11) is 0. The number of hydrogen-bond acceptors (Lipinski definition) is 5. The van der Waals surface area contributed by atoms with Gasteiger partial charge in [0, 0.05) is 16.3 Å². The Morgan fingerprint density at radius 2 is 2.00 bits per heavy atom. The lowest BCUT2D eigenvalue weighted by Gasteiger charge is -2.12. The number of carbonyl (C=O) groups is 1. The fourth-order valence-corrected chi connectivity index (χ4v) is 3.31. The minimum Gasteiger partial charge on any atom is -0.348 e. The van der Waals surface area contributed by atoms with Crippen LogP contribution in [-0.4, -0.2) is 21.6 Å². The Bertz CT molecular complexity index is 603. The summed E-state index contributed by atoms with van der Waals surface area (Å²) in [5.74, 6) is 0.331. The van der Waals surface area contributed by atoms with Gasteiger partial charge in [0.15, 0.2) is 5.16 Å². The van der Waals surface area contributed by atoms with Crippen LogP contribution < -0.4 is 5.32 Å². The molecule has 4 nitrogen and oxygen atoms in total. The van der Waals surface area contributed by atoms with Crippen LogP contribution in [0.4, 0.5) is 0 Å². The molecule has 1 N–H and O–H groups in total. The lowest BCUT2D eigenvalue weighted by Crippen LogP contribution is -2.27. The second kappa shape index (κ2) is 7.04. The van der Waals surface area contributed by atoms with E-state index < -0.39 is 0 Å². The number of aromatic nitrogens is 2. The van der Waals surface area contributed by atoms with Crippen molar-refractivity contribution in [3.63, 3.8) is 0 Å². The molecule has 0 aliphatic carbocycles. The van der Waals surface area contributed by atoms with E-state index in [9.17, 15) is 4.79 Å². The van der Waals surface area contributed by atoms with Crippen molar-refractivity contribution in [2.75, 3.05) is 5.75 Å². The number of nitrogens with zero attached hydrogens (tertiary/aromatic N) is 2. The highest BCUT2D eigenvalue weighted by molar-refractivity contribution is 7.99. The van der Waals surface area contributed by atoms with Crippen LogP contribution in [0.2, 0.25) is 0 Å². The normalized spacial score (nSPS) is 12.2. The molecule has 6 heteroatoms.